The molecule has 0 fully saturated rings. The quantitative estimate of drug-likeness (QED) is 0.706. The van der Waals surface area contributed by atoms with Crippen LogP contribution in [0.15, 0.2) is 24.3 Å². The highest BCUT2D eigenvalue weighted by atomic mass is 19.4. The van der Waals surface area contributed by atoms with Gasteiger partial charge in [-0.15, -0.1) is 0 Å². The third-order valence-electron chi connectivity index (χ3n) is 3.41. The van der Waals surface area contributed by atoms with Crippen LogP contribution < -0.4 is 5.32 Å². The first-order chi connectivity index (χ1) is 12.0. The molecule has 0 unspecified atom stereocenters. The minimum absolute atomic E-state index is 0.124. The second kappa shape index (κ2) is 7.28. The molecule has 1 amide bonds. The number of carboxylic acid groups (broad SMARTS) is 1. The Labute approximate surface area is 150 Å². The van der Waals surface area contributed by atoms with Crippen molar-refractivity contribution in [1.29, 1.82) is 0 Å². The van der Waals surface area contributed by atoms with Crippen molar-refractivity contribution in [2.75, 3.05) is 5.32 Å². The predicted molar refractivity (Wildman–Crippen MR) is 82.3 cm³/mol. The van der Waals surface area contributed by atoms with Crippen LogP contribution in [0.3, 0.4) is 0 Å². The SMILES string of the molecule is CC(C)(C)OC(=O)Nc1ccc(C(CC(=O)O)(C(F)(F)F)C(F)(F)F)cc1. The van der Waals surface area contributed by atoms with E-state index in [1.807, 2.05) is 0 Å². The van der Waals surface area contributed by atoms with E-state index in [0.717, 1.165) is 12.1 Å². The number of anilines is 1. The van der Waals surface area contributed by atoms with Gasteiger partial charge >= 0.3 is 24.4 Å². The normalized spacial score (nSPS) is 13.2. The van der Waals surface area contributed by atoms with Crippen molar-refractivity contribution in [2.45, 2.75) is 50.6 Å². The summed E-state index contributed by atoms with van der Waals surface area (Å²) in [5.74, 6) is -2.26. The highest BCUT2D eigenvalue weighted by molar-refractivity contribution is 5.84. The summed E-state index contributed by atoms with van der Waals surface area (Å²) in [7, 11) is 0. The summed E-state index contributed by atoms with van der Waals surface area (Å²) < 4.78 is 85.0. The van der Waals surface area contributed by atoms with Crippen LogP contribution in [0.1, 0.15) is 32.8 Å². The van der Waals surface area contributed by atoms with Gasteiger partial charge in [-0.3, -0.25) is 10.1 Å². The van der Waals surface area contributed by atoms with E-state index >= 15 is 0 Å². The largest absolute Gasteiger partial charge is 0.481 e. The summed E-state index contributed by atoms with van der Waals surface area (Å²) >= 11 is 0. The monoisotopic (exact) mass is 401 g/mol. The van der Waals surface area contributed by atoms with E-state index in [1.165, 1.54) is 0 Å². The number of amides is 1. The summed E-state index contributed by atoms with van der Waals surface area (Å²) in [6.45, 7) is 4.67. The number of ether oxygens (including phenoxy) is 1. The van der Waals surface area contributed by atoms with Crippen LogP contribution in [0.5, 0.6) is 0 Å². The fourth-order valence-electron chi connectivity index (χ4n) is 2.28. The van der Waals surface area contributed by atoms with Crippen LogP contribution in [0.25, 0.3) is 0 Å². The molecule has 0 aliphatic carbocycles. The first-order valence-electron chi connectivity index (χ1n) is 7.45. The maximum Gasteiger partial charge on any atom is 0.412 e. The average Bonchev–Trinajstić information content (AvgIpc) is 2.40. The van der Waals surface area contributed by atoms with E-state index in [0.29, 0.717) is 12.1 Å². The zero-order chi connectivity index (χ0) is 21.3. The third-order valence-corrected chi connectivity index (χ3v) is 3.41. The lowest BCUT2D eigenvalue weighted by molar-refractivity contribution is -0.304. The van der Waals surface area contributed by atoms with Gasteiger partial charge in [-0.2, -0.15) is 26.3 Å². The van der Waals surface area contributed by atoms with Gasteiger partial charge in [0, 0.05) is 5.69 Å². The Morgan fingerprint density at radius 2 is 1.41 bits per heavy atom. The molecule has 0 heterocycles. The zero-order valence-corrected chi connectivity index (χ0v) is 14.5. The molecule has 2 N–H and O–H groups in total. The number of halogens is 6. The maximum absolute atomic E-state index is 13.3. The standard InChI is InChI=1S/C16H17F6NO4/c1-13(2,3)27-12(26)23-10-6-4-9(5-7-10)14(8-11(24)25,15(17,18)19)16(20,21)22/h4-7H,8H2,1-3H3,(H,23,26)(H,24,25). The van der Waals surface area contributed by atoms with E-state index in [4.69, 9.17) is 9.84 Å². The Kier molecular flexibility index (Phi) is 6.09. The smallest absolute Gasteiger partial charge is 0.412 e. The van der Waals surface area contributed by atoms with Crippen molar-refractivity contribution in [2.24, 2.45) is 0 Å². The number of hydrogen-bond acceptors (Lipinski definition) is 3. The molecule has 1 aromatic rings. The number of nitrogens with one attached hydrogen (secondary N) is 1. The Balaban J connectivity index is 3.30. The zero-order valence-electron chi connectivity index (χ0n) is 14.5. The van der Waals surface area contributed by atoms with E-state index < -0.39 is 47.4 Å². The van der Waals surface area contributed by atoms with E-state index in [-0.39, 0.29) is 5.69 Å². The molecule has 0 saturated carbocycles. The second-order valence-electron chi connectivity index (χ2n) is 6.68. The fourth-order valence-corrected chi connectivity index (χ4v) is 2.28. The minimum Gasteiger partial charge on any atom is -0.481 e. The number of rotatable bonds is 4. The molecular formula is C16H17F6NO4. The van der Waals surface area contributed by atoms with Gasteiger partial charge in [-0.05, 0) is 38.5 Å². The predicted octanol–water partition coefficient (Wildman–Crippen LogP) is 4.87. The van der Waals surface area contributed by atoms with Crippen molar-refractivity contribution in [3.8, 4) is 0 Å². The molecule has 0 aromatic heterocycles. The molecule has 0 radical (unpaired) electrons. The van der Waals surface area contributed by atoms with Crippen molar-refractivity contribution >= 4 is 17.7 Å². The molecule has 0 aliphatic heterocycles. The molecule has 0 atom stereocenters. The summed E-state index contributed by atoms with van der Waals surface area (Å²) in [4.78, 5) is 22.4. The van der Waals surface area contributed by atoms with Crippen LogP contribution in [0, 0.1) is 0 Å². The third kappa shape index (κ3) is 5.27. The van der Waals surface area contributed by atoms with Crippen LogP contribution in [-0.4, -0.2) is 35.1 Å². The Bertz CT molecular complexity index is 675. The number of hydrogen-bond donors (Lipinski definition) is 2. The molecule has 11 heteroatoms. The van der Waals surface area contributed by atoms with Gasteiger partial charge in [0.05, 0.1) is 6.42 Å². The van der Waals surface area contributed by atoms with E-state index in [1.54, 1.807) is 20.8 Å². The molecule has 5 nitrogen and oxygen atoms in total. The van der Waals surface area contributed by atoms with Crippen LogP contribution >= 0.6 is 0 Å². The van der Waals surface area contributed by atoms with Gasteiger partial charge in [0.1, 0.15) is 5.60 Å². The molecule has 0 saturated heterocycles. The number of carbonyl (C=O) groups excluding carboxylic acids is 1. The Morgan fingerprint density at radius 3 is 1.74 bits per heavy atom. The summed E-state index contributed by atoms with van der Waals surface area (Å²) in [5, 5.41) is 10.8. The van der Waals surface area contributed by atoms with Crippen molar-refractivity contribution < 1.29 is 45.8 Å². The molecule has 152 valence electrons. The molecule has 1 aromatic carbocycles. The van der Waals surface area contributed by atoms with Crippen molar-refractivity contribution in [3.63, 3.8) is 0 Å². The Hall–Kier alpha value is -2.46. The molecule has 0 spiro atoms. The number of benzene rings is 1. The van der Waals surface area contributed by atoms with Gasteiger partial charge in [0.25, 0.3) is 0 Å². The van der Waals surface area contributed by atoms with Gasteiger partial charge < -0.3 is 9.84 Å². The first kappa shape index (κ1) is 22.6. The lowest BCUT2D eigenvalue weighted by Gasteiger charge is -2.36. The van der Waals surface area contributed by atoms with Crippen molar-refractivity contribution in [3.05, 3.63) is 29.8 Å². The fraction of sp³-hybridized carbons (Fsp3) is 0.500. The average molecular weight is 401 g/mol. The van der Waals surface area contributed by atoms with Gasteiger partial charge in [-0.1, -0.05) is 12.1 Å². The van der Waals surface area contributed by atoms with Crippen LogP contribution in [-0.2, 0) is 14.9 Å². The number of aliphatic carboxylic acids is 1. The molecular weight excluding hydrogens is 384 g/mol. The van der Waals surface area contributed by atoms with Gasteiger partial charge in [0.15, 0.2) is 5.41 Å². The number of carboxylic acids is 1. The molecule has 27 heavy (non-hydrogen) atoms. The molecule has 0 aliphatic rings. The topological polar surface area (TPSA) is 75.6 Å². The maximum atomic E-state index is 13.3. The van der Waals surface area contributed by atoms with Gasteiger partial charge in [0.2, 0.25) is 0 Å². The summed E-state index contributed by atoms with van der Waals surface area (Å²) in [5.41, 5.74) is -6.88. The van der Waals surface area contributed by atoms with E-state index in [2.05, 4.69) is 5.32 Å². The highest BCUT2D eigenvalue weighted by Crippen LogP contribution is 2.54. The lowest BCUT2D eigenvalue weighted by Crippen LogP contribution is -2.55. The summed E-state index contributed by atoms with van der Waals surface area (Å²) in [6.07, 6.45) is -15.0. The first-order valence-corrected chi connectivity index (χ1v) is 7.45. The van der Waals surface area contributed by atoms with Crippen LogP contribution in [0.2, 0.25) is 0 Å². The summed E-state index contributed by atoms with van der Waals surface area (Å²) in [6, 6.07) is 2.54. The second-order valence-corrected chi connectivity index (χ2v) is 6.68. The van der Waals surface area contributed by atoms with Crippen LogP contribution in [0.4, 0.5) is 36.8 Å². The Morgan fingerprint density at radius 1 is 0.963 bits per heavy atom. The highest BCUT2D eigenvalue weighted by Gasteiger charge is 2.72. The minimum atomic E-state index is -5.91. The number of carbonyl (C=O) groups is 2. The number of alkyl halides is 6. The molecule has 1 rings (SSSR count). The lowest BCUT2D eigenvalue weighted by atomic mass is 9.76. The van der Waals surface area contributed by atoms with Gasteiger partial charge in [-0.25, -0.2) is 4.79 Å². The van der Waals surface area contributed by atoms with E-state index in [9.17, 15) is 35.9 Å². The van der Waals surface area contributed by atoms with Crippen molar-refractivity contribution in [1.82, 2.24) is 0 Å². The molecule has 0 bridgehead atoms.